The number of ether oxygens (including phenoxy) is 4. The first-order valence-corrected chi connectivity index (χ1v) is 19.8. The summed E-state index contributed by atoms with van der Waals surface area (Å²) < 4.78 is 22.5. The molecule has 5 aromatic rings. The zero-order valence-corrected chi connectivity index (χ0v) is 33.7. The molecule has 57 heavy (non-hydrogen) atoms. The first-order chi connectivity index (χ1) is 27.3. The molecule has 5 heterocycles. The van der Waals surface area contributed by atoms with Crippen LogP contribution in [0.1, 0.15) is 83.2 Å². The Bertz CT molecular complexity index is 2340. The Morgan fingerprint density at radius 2 is 1.82 bits per heavy atom. The van der Waals surface area contributed by atoms with Gasteiger partial charge in [-0.1, -0.05) is 32.0 Å². The SMILES string of the molecule is COC[C@H]1C[C@@H](c2nc3c(ccc4cc5c(cc43)OCc3cc(-c4cnc([C@@H]6CCCN6C(=O)[C@@H]([NH2+]C(=O)OC)C(C)C)[nH]4)ccc3-5)[nH]2)N(C(=O)OC(C)(C)C)C1. The van der Waals surface area contributed by atoms with E-state index in [1.54, 1.807) is 12.0 Å². The molecule has 3 aromatic carbocycles. The molecule has 8 rings (SSSR count). The Hall–Kier alpha value is -5.47. The molecule has 2 fully saturated rings. The molecule has 14 heteroatoms. The third-order valence-corrected chi connectivity index (χ3v) is 11.4. The summed E-state index contributed by atoms with van der Waals surface area (Å²) in [4.78, 5) is 59.5. The molecular formula is C43H52N7O7+. The lowest BCUT2D eigenvalue weighted by atomic mass is 9.92. The molecule has 300 valence electrons. The van der Waals surface area contributed by atoms with Gasteiger partial charge in [-0.15, -0.1) is 0 Å². The van der Waals surface area contributed by atoms with Crippen LogP contribution >= 0.6 is 0 Å². The topological polar surface area (TPSA) is 169 Å². The number of hydrogen-bond acceptors (Lipinski definition) is 9. The second-order valence-corrected chi connectivity index (χ2v) is 16.9. The van der Waals surface area contributed by atoms with Crippen molar-refractivity contribution < 1.29 is 38.6 Å². The predicted molar refractivity (Wildman–Crippen MR) is 213 cm³/mol. The zero-order chi connectivity index (χ0) is 40.2. The molecule has 2 saturated heterocycles. The van der Waals surface area contributed by atoms with Gasteiger partial charge in [0.2, 0.25) is 0 Å². The summed E-state index contributed by atoms with van der Waals surface area (Å²) in [7, 11) is 3.01. The third kappa shape index (κ3) is 7.43. The average Bonchev–Trinajstić information content (AvgIpc) is 4.01. The normalized spacial score (nSPS) is 19.8. The number of imidazole rings is 2. The van der Waals surface area contributed by atoms with E-state index in [1.165, 1.54) is 12.4 Å². The number of benzene rings is 3. The highest BCUT2D eigenvalue weighted by atomic mass is 16.6. The third-order valence-electron chi connectivity index (χ3n) is 11.4. The Morgan fingerprint density at radius 3 is 2.58 bits per heavy atom. The largest absolute Gasteiger partial charge is 0.513 e. The number of hydrogen-bond donors (Lipinski definition) is 3. The number of amides is 3. The second-order valence-electron chi connectivity index (χ2n) is 16.9. The maximum absolute atomic E-state index is 13.7. The Morgan fingerprint density at radius 1 is 1.00 bits per heavy atom. The minimum atomic E-state index is -0.612. The van der Waals surface area contributed by atoms with Crippen molar-refractivity contribution in [2.75, 3.05) is 33.9 Å². The van der Waals surface area contributed by atoms with E-state index < -0.39 is 17.7 Å². The molecule has 2 aromatic heterocycles. The first-order valence-electron chi connectivity index (χ1n) is 19.8. The second kappa shape index (κ2) is 15.1. The highest BCUT2D eigenvalue weighted by Gasteiger charge is 2.41. The maximum Gasteiger partial charge on any atom is 0.513 e. The fourth-order valence-electron chi connectivity index (χ4n) is 8.61. The van der Waals surface area contributed by atoms with Gasteiger partial charge in [0, 0.05) is 43.0 Å². The summed E-state index contributed by atoms with van der Waals surface area (Å²) >= 11 is 0. The average molecular weight is 779 g/mol. The van der Waals surface area contributed by atoms with E-state index >= 15 is 0 Å². The number of nitrogens with one attached hydrogen (secondary N) is 2. The lowest BCUT2D eigenvalue weighted by molar-refractivity contribution is -0.601. The number of quaternary nitrogens is 1. The molecular weight excluding hydrogens is 727 g/mol. The van der Waals surface area contributed by atoms with E-state index in [0.29, 0.717) is 26.3 Å². The first kappa shape index (κ1) is 38.4. The van der Waals surface area contributed by atoms with Gasteiger partial charge in [-0.05, 0) is 86.4 Å². The number of H-pyrrole nitrogens is 2. The molecule has 0 aliphatic carbocycles. The molecule has 0 bridgehead atoms. The van der Waals surface area contributed by atoms with Gasteiger partial charge in [-0.25, -0.2) is 20.1 Å². The van der Waals surface area contributed by atoms with E-state index in [-0.39, 0.29) is 35.9 Å². The standard InChI is InChI=1S/C43H51N7O7/c1-23(2)36(48-41(52)55-7)40(51)49-14-8-9-33(49)38-44-19-32(46-38)26-10-12-28-27(16-26)22-56-35-18-29-25(17-30(28)35)11-13-31-37(29)47-39(45-31)34-15-24(21-54-6)20-50(34)42(53)57-43(3,4)5/h10-13,16-19,23-24,33-34,36H,8-9,14-15,20-22H2,1-7H3,(H,44,46)(H,45,47)(H,48,52)/p+1/t24-,33-,34-,36-/m0/s1. The van der Waals surface area contributed by atoms with Crippen molar-refractivity contribution in [1.29, 1.82) is 0 Å². The van der Waals surface area contributed by atoms with Crippen LogP contribution < -0.4 is 10.1 Å². The van der Waals surface area contributed by atoms with Crippen LogP contribution in [0.3, 0.4) is 0 Å². The number of aromatic nitrogens is 4. The van der Waals surface area contributed by atoms with Crippen LogP contribution in [0.25, 0.3) is 44.2 Å². The van der Waals surface area contributed by atoms with Crippen molar-refractivity contribution >= 4 is 39.9 Å². The number of aromatic amines is 2. The van der Waals surface area contributed by atoms with Gasteiger partial charge in [0.1, 0.15) is 29.6 Å². The smallest absolute Gasteiger partial charge is 0.488 e. The van der Waals surface area contributed by atoms with E-state index in [4.69, 9.17) is 28.9 Å². The minimum Gasteiger partial charge on any atom is -0.488 e. The van der Waals surface area contributed by atoms with Gasteiger partial charge in [0.05, 0.1) is 48.7 Å². The fourth-order valence-corrected chi connectivity index (χ4v) is 8.61. The maximum atomic E-state index is 13.7. The number of nitrogens with zero attached hydrogens (tertiary/aromatic N) is 4. The quantitative estimate of drug-likeness (QED) is 0.157. The molecule has 3 aliphatic rings. The van der Waals surface area contributed by atoms with Crippen molar-refractivity contribution in [3.05, 3.63) is 65.9 Å². The summed E-state index contributed by atoms with van der Waals surface area (Å²) in [5, 5.41) is 3.39. The molecule has 0 saturated carbocycles. The van der Waals surface area contributed by atoms with E-state index in [0.717, 1.165) is 86.4 Å². The number of carbonyl (C=O) groups excluding carboxylic acids is 3. The van der Waals surface area contributed by atoms with Gasteiger partial charge in [-0.3, -0.25) is 9.69 Å². The monoisotopic (exact) mass is 778 g/mol. The van der Waals surface area contributed by atoms with Crippen molar-refractivity contribution in [1.82, 2.24) is 29.7 Å². The van der Waals surface area contributed by atoms with Crippen LogP contribution in [0.15, 0.2) is 48.7 Å². The fraction of sp³-hybridized carbons (Fsp3) is 0.465. The van der Waals surface area contributed by atoms with Crippen molar-refractivity contribution in [2.45, 2.75) is 84.2 Å². The molecule has 0 unspecified atom stereocenters. The number of primary amides is 1. The summed E-state index contributed by atoms with van der Waals surface area (Å²) in [5.41, 5.74) is 6.10. The number of fused-ring (bicyclic) bond motifs is 6. The molecule has 0 radical (unpaired) electrons. The van der Waals surface area contributed by atoms with Gasteiger partial charge in [-0.2, -0.15) is 4.79 Å². The predicted octanol–water partition coefficient (Wildman–Crippen LogP) is 6.63. The van der Waals surface area contributed by atoms with Crippen molar-refractivity contribution in [3.63, 3.8) is 0 Å². The highest BCUT2D eigenvalue weighted by molar-refractivity contribution is 6.07. The van der Waals surface area contributed by atoms with Gasteiger partial charge in [0.15, 0.2) is 6.04 Å². The molecule has 3 aliphatic heterocycles. The Balaban J connectivity index is 1.04. The zero-order valence-electron chi connectivity index (χ0n) is 33.7. The van der Waals surface area contributed by atoms with Crippen LogP contribution in [-0.2, 0) is 25.6 Å². The molecule has 4 atom stereocenters. The molecule has 3 amide bonds. The summed E-state index contributed by atoms with van der Waals surface area (Å²) in [5.74, 6) is 2.27. The molecule has 0 spiro atoms. The van der Waals surface area contributed by atoms with E-state index in [1.807, 2.05) is 51.8 Å². The van der Waals surface area contributed by atoms with E-state index in [9.17, 15) is 14.4 Å². The Labute approximate surface area is 331 Å². The van der Waals surface area contributed by atoms with Crippen LogP contribution in [0, 0.1) is 11.8 Å². The number of nitrogens with two attached hydrogens (primary N) is 1. The van der Waals surface area contributed by atoms with Crippen LogP contribution in [-0.4, -0.2) is 93.4 Å². The minimum absolute atomic E-state index is 0.0554. The number of methoxy groups -OCH3 is 2. The Kier molecular flexibility index (Phi) is 10.2. The van der Waals surface area contributed by atoms with Gasteiger partial charge in [0.25, 0.3) is 5.91 Å². The molecule has 4 N–H and O–H groups in total. The van der Waals surface area contributed by atoms with Crippen molar-refractivity contribution in [3.8, 4) is 28.1 Å². The van der Waals surface area contributed by atoms with Crippen LogP contribution in [0.2, 0.25) is 0 Å². The van der Waals surface area contributed by atoms with Gasteiger partial charge >= 0.3 is 12.2 Å². The summed E-state index contributed by atoms with van der Waals surface area (Å²) in [6, 6.07) is 13.7. The van der Waals surface area contributed by atoms with E-state index in [2.05, 4.69) is 46.4 Å². The lowest BCUT2D eigenvalue weighted by Crippen LogP contribution is -2.96. The van der Waals surface area contributed by atoms with Crippen molar-refractivity contribution in [2.24, 2.45) is 11.8 Å². The number of rotatable bonds is 8. The lowest BCUT2D eigenvalue weighted by Gasteiger charge is -2.27. The molecule has 14 nitrogen and oxygen atoms in total. The van der Waals surface area contributed by atoms with Crippen LogP contribution in [0.5, 0.6) is 5.75 Å². The summed E-state index contributed by atoms with van der Waals surface area (Å²) in [6.07, 6.45) is 3.33. The highest BCUT2D eigenvalue weighted by Crippen LogP contribution is 2.44. The van der Waals surface area contributed by atoms with Crippen LogP contribution in [0.4, 0.5) is 9.59 Å². The number of likely N-dealkylation sites (tertiary alicyclic amines) is 2. The summed E-state index contributed by atoms with van der Waals surface area (Å²) in [6.45, 7) is 11.6. The van der Waals surface area contributed by atoms with Gasteiger partial charge < -0.3 is 33.8 Å². The number of carbonyl (C=O) groups is 3.